The minimum Gasteiger partial charge on any atom is -0.477 e. The average molecular weight is 353 g/mol. The first kappa shape index (κ1) is 16.7. The van der Waals surface area contributed by atoms with Crippen LogP contribution in [0.3, 0.4) is 0 Å². The lowest BCUT2D eigenvalue weighted by atomic mass is 9.97. The van der Waals surface area contributed by atoms with Gasteiger partial charge in [0.25, 0.3) is 6.43 Å². The molecule has 132 valence electrons. The van der Waals surface area contributed by atoms with Crippen LogP contribution in [0.25, 0.3) is 0 Å². The Labute approximate surface area is 131 Å². The fourth-order valence-corrected chi connectivity index (χ4v) is 3.08. The molecule has 1 aromatic rings. The molecule has 2 aliphatic rings. The molecule has 1 aliphatic heterocycles. The molecule has 1 fully saturated rings. The minimum absolute atomic E-state index is 0.299. The number of aromatic carboxylic acids is 1. The molecular formula is C13H12F5N3O3. The summed E-state index contributed by atoms with van der Waals surface area (Å²) < 4.78 is 66.0. The van der Waals surface area contributed by atoms with Gasteiger partial charge in [0.05, 0.1) is 6.20 Å². The van der Waals surface area contributed by atoms with Crippen molar-refractivity contribution in [3.63, 3.8) is 0 Å². The van der Waals surface area contributed by atoms with Gasteiger partial charge in [0.15, 0.2) is 0 Å². The molecule has 0 radical (unpaired) electrons. The molecule has 1 saturated carbocycles. The molecule has 6 nitrogen and oxygen atoms in total. The second-order valence-corrected chi connectivity index (χ2v) is 5.85. The van der Waals surface area contributed by atoms with E-state index in [0.717, 1.165) is 0 Å². The van der Waals surface area contributed by atoms with E-state index in [1.165, 1.54) is 0 Å². The van der Waals surface area contributed by atoms with E-state index >= 15 is 0 Å². The number of nitrogens with zero attached hydrogens (tertiary/aromatic N) is 3. The summed E-state index contributed by atoms with van der Waals surface area (Å²) in [5, 5.41) is 12.6. The van der Waals surface area contributed by atoms with E-state index in [1.54, 1.807) is 0 Å². The Balaban J connectivity index is 2.17. The number of amides is 1. The standard InChI is InChI=1S/C13H12F5N3O3/c14-9(15)8-3-7(5-1-2-5)20(12(24)13(16,17)18)10-6(11(22)23)4-19-21(8)10/h4-5,7-9H,1-3H2,(H,22,23)/t7-,8+/m1/s1. The van der Waals surface area contributed by atoms with Crippen molar-refractivity contribution in [2.75, 3.05) is 4.90 Å². The van der Waals surface area contributed by atoms with E-state index in [0.29, 0.717) is 28.6 Å². The van der Waals surface area contributed by atoms with Gasteiger partial charge in [-0.1, -0.05) is 0 Å². The highest BCUT2D eigenvalue weighted by atomic mass is 19.4. The molecule has 1 N–H and O–H groups in total. The van der Waals surface area contributed by atoms with Crippen molar-refractivity contribution in [1.29, 1.82) is 0 Å². The number of fused-ring (bicyclic) bond motifs is 1. The van der Waals surface area contributed by atoms with Gasteiger partial charge in [0, 0.05) is 6.04 Å². The molecule has 11 heteroatoms. The number of carbonyl (C=O) groups is 2. The molecule has 0 spiro atoms. The van der Waals surface area contributed by atoms with Gasteiger partial charge in [-0.15, -0.1) is 0 Å². The third kappa shape index (κ3) is 2.61. The van der Waals surface area contributed by atoms with E-state index < -0.39 is 54.4 Å². The summed E-state index contributed by atoms with van der Waals surface area (Å²) in [6, 6.07) is -2.70. The second-order valence-electron chi connectivity index (χ2n) is 5.85. The summed E-state index contributed by atoms with van der Waals surface area (Å²) in [7, 11) is 0. The summed E-state index contributed by atoms with van der Waals surface area (Å²) >= 11 is 0. The summed E-state index contributed by atoms with van der Waals surface area (Å²) in [5.41, 5.74) is -0.705. The van der Waals surface area contributed by atoms with E-state index in [2.05, 4.69) is 5.10 Å². The number of rotatable bonds is 3. The van der Waals surface area contributed by atoms with Crippen LogP contribution in [0.1, 0.15) is 35.7 Å². The summed E-state index contributed by atoms with van der Waals surface area (Å²) in [4.78, 5) is 23.4. The van der Waals surface area contributed by atoms with Gasteiger partial charge in [-0.25, -0.2) is 18.3 Å². The molecule has 3 rings (SSSR count). The van der Waals surface area contributed by atoms with Gasteiger partial charge < -0.3 is 5.11 Å². The number of halogens is 5. The summed E-state index contributed by atoms with van der Waals surface area (Å²) in [6.45, 7) is 0. The highest BCUT2D eigenvalue weighted by molar-refractivity contribution is 6.03. The number of carboxylic acids is 1. The SMILES string of the molecule is O=C(O)c1cnn2c1N(C(=O)C(F)(F)F)[C@@H](C1CC1)C[C@H]2C(F)F. The van der Waals surface area contributed by atoms with Crippen LogP contribution >= 0.6 is 0 Å². The summed E-state index contributed by atoms with van der Waals surface area (Å²) in [5.74, 6) is -4.99. The number of carbonyl (C=O) groups excluding carboxylic acids is 1. The highest BCUT2D eigenvalue weighted by Crippen LogP contribution is 2.47. The Morgan fingerprint density at radius 2 is 1.92 bits per heavy atom. The van der Waals surface area contributed by atoms with Crippen molar-refractivity contribution >= 4 is 17.7 Å². The maximum absolute atomic E-state index is 13.3. The first-order valence-electron chi connectivity index (χ1n) is 7.12. The van der Waals surface area contributed by atoms with Gasteiger partial charge in [0.1, 0.15) is 17.4 Å². The van der Waals surface area contributed by atoms with Crippen LogP contribution in [0.4, 0.5) is 27.8 Å². The molecular weight excluding hydrogens is 341 g/mol. The van der Waals surface area contributed by atoms with E-state index in [4.69, 9.17) is 5.11 Å². The first-order chi connectivity index (χ1) is 11.1. The number of hydrogen-bond donors (Lipinski definition) is 1. The van der Waals surface area contributed by atoms with Crippen molar-refractivity contribution in [1.82, 2.24) is 9.78 Å². The number of anilines is 1. The van der Waals surface area contributed by atoms with Gasteiger partial charge in [0.2, 0.25) is 0 Å². The molecule has 0 bridgehead atoms. The topological polar surface area (TPSA) is 75.4 Å². The molecule has 24 heavy (non-hydrogen) atoms. The number of alkyl halides is 5. The van der Waals surface area contributed by atoms with E-state index in [1.807, 2.05) is 0 Å². The number of aromatic nitrogens is 2. The smallest absolute Gasteiger partial charge is 0.471 e. The van der Waals surface area contributed by atoms with Crippen molar-refractivity contribution in [2.24, 2.45) is 5.92 Å². The zero-order valence-electron chi connectivity index (χ0n) is 12.0. The Morgan fingerprint density at radius 1 is 1.29 bits per heavy atom. The van der Waals surface area contributed by atoms with Gasteiger partial charge >= 0.3 is 18.1 Å². The zero-order valence-corrected chi connectivity index (χ0v) is 12.0. The Morgan fingerprint density at radius 3 is 2.38 bits per heavy atom. The van der Waals surface area contributed by atoms with Crippen LogP contribution < -0.4 is 4.90 Å². The maximum Gasteiger partial charge on any atom is 0.471 e. The Kier molecular flexibility index (Phi) is 3.76. The number of hydrogen-bond acceptors (Lipinski definition) is 3. The first-order valence-corrected chi connectivity index (χ1v) is 7.12. The number of carboxylic acid groups (broad SMARTS) is 1. The molecule has 1 aromatic heterocycles. The second kappa shape index (κ2) is 5.42. The molecule has 1 aliphatic carbocycles. The van der Waals surface area contributed by atoms with Gasteiger partial charge in [-0.3, -0.25) is 9.69 Å². The van der Waals surface area contributed by atoms with E-state index in [9.17, 15) is 31.5 Å². The molecule has 1 amide bonds. The van der Waals surface area contributed by atoms with Crippen LogP contribution in [-0.2, 0) is 4.79 Å². The Bertz CT molecular complexity index is 683. The zero-order chi connectivity index (χ0) is 17.8. The van der Waals surface area contributed by atoms with Gasteiger partial charge in [-0.05, 0) is 25.2 Å². The molecule has 0 aromatic carbocycles. The normalized spacial score (nSPS) is 24.2. The lowest BCUT2D eigenvalue weighted by Crippen LogP contribution is -2.53. The van der Waals surface area contributed by atoms with Crippen LogP contribution in [0.2, 0.25) is 0 Å². The minimum atomic E-state index is -5.25. The average Bonchev–Trinajstić information content (AvgIpc) is 3.21. The predicted octanol–water partition coefficient (Wildman–Crippen LogP) is 2.47. The summed E-state index contributed by atoms with van der Waals surface area (Å²) in [6.07, 6.45) is -6.92. The van der Waals surface area contributed by atoms with Crippen LogP contribution in [0, 0.1) is 5.92 Å². The molecule has 0 unspecified atom stereocenters. The highest BCUT2D eigenvalue weighted by Gasteiger charge is 2.54. The molecule has 2 atom stereocenters. The third-order valence-corrected chi connectivity index (χ3v) is 4.27. The monoisotopic (exact) mass is 353 g/mol. The Hall–Kier alpha value is -2.20. The third-order valence-electron chi connectivity index (χ3n) is 4.27. The van der Waals surface area contributed by atoms with Crippen molar-refractivity contribution in [2.45, 2.75) is 43.9 Å². The van der Waals surface area contributed by atoms with Crippen LogP contribution in [-0.4, -0.2) is 45.4 Å². The predicted molar refractivity (Wildman–Crippen MR) is 68.9 cm³/mol. The fraction of sp³-hybridized carbons (Fsp3) is 0.615. The van der Waals surface area contributed by atoms with Crippen LogP contribution in [0.15, 0.2) is 6.20 Å². The van der Waals surface area contributed by atoms with Crippen molar-refractivity contribution in [3.05, 3.63) is 11.8 Å². The van der Waals surface area contributed by atoms with Gasteiger partial charge in [-0.2, -0.15) is 18.3 Å². The van der Waals surface area contributed by atoms with E-state index in [-0.39, 0.29) is 5.92 Å². The lowest BCUT2D eigenvalue weighted by Gasteiger charge is -2.40. The maximum atomic E-state index is 13.3. The molecule has 0 saturated heterocycles. The quantitative estimate of drug-likeness (QED) is 0.847. The fourth-order valence-electron chi connectivity index (χ4n) is 3.08. The largest absolute Gasteiger partial charge is 0.477 e. The van der Waals surface area contributed by atoms with Crippen molar-refractivity contribution < 1.29 is 36.6 Å². The molecule has 2 heterocycles. The lowest BCUT2D eigenvalue weighted by molar-refractivity contribution is -0.171. The van der Waals surface area contributed by atoms with Crippen molar-refractivity contribution in [3.8, 4) is 0 Å². The van der Waals surface area contributed by atoms with Crippen LogP contribution in [0.5, 0.6) is 0 Å².